The van der Waals surface area contributed by atoms with Gasteiger partial charge in [-0.25, -0.2) is 9.97 Å². The van der Waals surface area contributed by atoms with E-state index in [9.17, 15) is 0 Å². The second-order valence-corrected chi connectivity index (χ2v) is 7.75. The molecule has 0 aliphatic carbocycles. The van der Waals surface area contributed by atoms with Crippen molar-refractivity contribution in [1.82, 2.24) is 14.9 Å². The molecule has 1 aromatic carbocycles. The van der Waals surface area contributed by atoms with Gasteiger partial charge in [0.05, 0.1) is 6.07 Å². The number of benzene rings is 1. The van der Waals surface area contributed by atoms with Gasteiger partial charge >= 0.3 is 0 Å². The molecule has 1 fully saturated rings. The molecule has 1 aliphatic rings. The number of unbranched alkanes of at least 4 members (excludes halogenated alkanes) is 1. The summed E-state index contributed by atoms with van der Waals surface area (Å²) in [5.41, 5.74) is 4.87. The maximum Gasteiger partial charge on any atom is 0.278 e. The van der Waals surface area contributed by atoms with Gasteiger partial charge in [-0.2, -0.15) is 5.26 Å². The van der Waals surface area contributed by atoms with Crippen LogP contribution in [-0.2, 0) is 6.61 Å². The highest BCUT2D eigenvalue weighted by molar-refractivity contribution is 5.37. The van der Waals surface area contributed by atoms with Crippen LogP contribution in [0.5, 0.6) is 11.8 Å². The summed E-state index contributed by atoms with van der Waals surface area (Å²) in [5.74, 6) is 0.918. The topological polar surface area (TPSA) is 71.3 Å². The monoisotopic (exact) mass is 394 g/mol. The summed E-state index contributed by atoms with van der Waals surface area (Å²) >= 11 is 0. The minimum atomic E-state index is 0.115. The van der Waals surface area contributed by atoms with Crippen LogP contribution in [0.2, 0.25) is 0 Å². The van der Waals surface area contributed by atoms with Gasteiger partial charge in [0.1, 0.15) is 12.7 Å². The predicted molar refractivity (Wildman–Crippen MR) is 112 cm³/mol. The number of nitriles is 1. The summed E-state index contributed by atoms with van der Waals surface area (Å²) in [6.45, 7) is 9.71. The maximum absolute atomic E-state index is 8.67. The SMILES string of the molecule is Cc1cc(C)c(COc2nccnc2OC2CCN(CCCC#N)CC2)c(C)c1. The molecule has 0 saturated carbocycles. The van der Waals surface area contributed by atoms with Crippen LogP contribution in [0.25, 0.3) is 0 Å². The largest absolute Gasteiger partial charge is 0.470 e. The second kappa shape index (κ2) is 10.2. The van der Waals surface area contributed by atoms with Crippen LogP contribution in [0, 0.1) is 32.1 Å². The Morgan fingerprint density at radius 2 is 1.72 bits per heavy atom. The van der Waals surface area contributed by atoms with E-state index in [0.717, 1.165) is 38.9 Å². The van der Waals surface area contributed by atoms with Crippen LogP contribution in [0.1, 0.15) is 47.9 Å². The summed E-state index contributed by atoms with van der Waals surface area (Å²) in [6, 6.07) is 6.55. The smallest absolute Gasteiger partial charge is 0.278 e. The molecule has 0 spiro atoms. The zero-order chi connectivity index (χ0) is 20.6. The molecule has 1 aromatic heterocycles. The van der Waals surface area contributed by atoms with Crippen molar-refractivity contribution in [3.05, 3.63) is 46.8 Å². The first-order valence-electron chi connectivity index (χ1n) is 10.3. The Labute approximate surface area is 173 Å². The Bertz CT molecular complexity index is 831. The molecular weight excluding hydrogens is 364 g/mol. The highest BCUT2D eigenvalue weighted by Crippen LogP contribution is 2.26. The Morgan fingerprint density at radius 1 is 1.07 bits per heavy atom. The highest BCUT2D eigenvalue weighted by Gasteiger charge is 2.22. The fourth-order valence-electron chi connectivity index (χ4n) is 3.86. The molecule has 6 heteroatoms. The second-order valence-electron chi connectivity index (χ2n) is 7.75. The van der Waals surface area contributed by atoms with E-state index in [1.54, 1.807) is 12.4 Å². The standard InChI is InChI=1S/C23H30N4O2/c1-17-14-18(2)21(19(3)15-17)16-28-22-23(26-10-9-25-22)29-20-6-12-27(13-7-20)11-5-4-8-24/h9-10,14-15,20H,4-7,11-13,16H2,1-3H3. The summed E-state index contributed by atoms with van der Waals surface area (Å²) < 4.78 is 12.2. The third-order valence-corrected chi connectivity index (χ3v) is 5.40. The van der Waals surface area contributed by atoms with Gasteiger partial charge in [0, 0.05) is 31.9 Å². The van der Waals surface area contributed by atoms with Gasteiger partial charge < -0.3 is 14.4 Å². The Morgan fingerprint density at radius 3 is 2.38 bits per heavy atom. The number of nitrogens with zero attached hydrogens (tertiary/aromatic N) is 4. The lowest BCUT2D eigenvalue weighted by atomic mass is 10.0. The summed E-state index contributed by atoms with van der Waals surface area (Å²) in [6.07, 6.45) is 6.83. The number of piperidine rings is 1. The van der Waals surface area contributed by atoms with E-state index in [1.165, 1.54) is 22.3 Å². The predicted octanol–water partition coefficient (Wildman–Crippen LogP) is 4.13. The number of hydrogen-bond donors (Lipinski definition) is 0. The molecule has 1 aliphatic heterocycles. The first-order chi connectivity index (χ1) is 14.1. The molecule has 2 heterocycles. The lowest BCUT2D eigenvalue weighted by Crippen LogP contribution is -2.38. The van der Waals surface area contributed by atoms with Crippen molar-refractivity contribution in [3.63, 3.8) is 0 Å². The Kier molecular flexibility index (Phi) is 7.42. The molecular formula is C23H30N4O2. The molecule has 29 heavy (non-hydrogen) atoms. The Balaban J connectivity index is 1.57. The van der Waals surface area contributed by atoms with Crippen molar-refractivity contribution < 1.29 is 9.47 Å². The third-order valence-electron chi connectivity index (χ3n) is 5.40. The average molecular weight is 395 g/mol. The third kappa shape index (κ3) is 5.91. The molecule has 0 N–H and O–H groups in total. The fourth-order valence-corrected chi connectivity index (χ4v) is 3.86. The molecule has 0 radical (unpaired) electrons. The molecule has 3 rings (SSSR count). The van der Waals surface area contributed by atoms with Gasteiger partial charge in [-0.15, -0.1) is 0 Å². The molecule has 1 saturated heterocycles. The minimum absolute atomic E-state index is 0.115. The molecule has 2 aromatic rings. The quantitative estimate of drug-likeness (QED) is 0.627. The van der Waals surface area contributed by atoms with E-state index in [-0.39, 0.29) is 6.10 Å². The van der Waals surface area contributed by atoms with Crippen molar-refractivity contribution in [1.29, 1.82) is 5.26 Å². The number of aryl methyl sites for hydroxylation is 3. The van der Waals surface area contributed by atoms with Crippen LogP contribution in [-0.4, -0.2) is 40.6 Å². The van der Waals surface area contributed by atoms with Crippen molar-refractivity contribution in [2.75, 3.05) is 19.6 Å². The van der Waals surface area contributed by atoms with Gasteiger partial charge in [-0.05, 0) is 63.3 Å². The van der Waals surface area contributed by atoms with Crippen molar-refractivity contribution in [3.8, 4) is 17.8 Å². The molecule has 0 bridgehead atoms. The number of ether oxygens (including phenoxy) is 2. The average Bonchev–Trinajstić information content (AvgIpc) is 2.70. The normalized spacial score (nSPS) is 15.1. The lowest BCUT2D eigenvalue weighted by molar-refractivity contribution is 0.0913. The zero-order valence-electron chi connectivity index (χ0n) is 17.6. The first-order valence-corrected chi connectivity index (χ1v) is 10.3. The van der Waals surface area contributed by atoms with Gasteiger partial charge in [-0.1, -0.05) is 17.7 Å². The molecule has 6 nitrogen and oxygen atoms in total. The summed E-state index contributed by atoms with van der Waals surface area (Å²) in [5, 5.41) is 8.67. The van der Waals surface area contributed by atoms with E-state index in [4.69, 9.17) is 14.7 Å². The highest BCUT2D eigenvalue weighted by atomic mass is 16.5. The number of likely N-dealkylation sites (tertiary alicyclic amines) is 1. The number of hydrogen-bond acceptors (Lipinski definition) is 6. The van der Waals surface area contributed by atoms with Gasteiger partial charge in [0.2, 0.25) is 0 Å². The van der Waals surface area contributed by atoms with Crippen molar-refractivity contribution in [2.45, 2.75) is 59.2 Å². The van der Waals surface area contributed by atoms with Crippen LogP contribution in [0.3, 0.4) is 0 Å². The summed E-state index contributed by atoms with van der Waals surface area (Å²) in [7, 11) is 0. The maximum atomic E-state index is 8.67. The molecule has 0 unspecified atom stereocenters. The minimum Gasteiger partial charge on any atom is -0.470 e. The van der Waals surface area contributed by atoms with Gasteiger partial charge in [0.25, 0.3) is 11.8 Å². The van der Waals surface area contributed by atoms with Crippen LogP contribution < -0.4 is 9.47 Å². The lowest BCUT2D eigenvalue weighted by Gasteiger charge is -2.31. The van der Waals surface area contributed by atoms with E-state index in [0.29, 0.717) is 24.8 Å². The molecule has 0 atom stereocenters. The molecule has 0 amide bonds. The van der Waals surface area contributed by atoms with Gasteiger partial charge in [-0.3, -0.25) is 0 Å². The van der Waals surface area contributed by atoms with E-state index in [2.05, 4.69) is 53.8 Å². The van der Waals surface area contributed by atoms with Gasteiger partial charge in [0.15, 0.2) is 0 Å². The van der Waals surface area contributed by atoms with Crippen molar-refractivity contribution >= 4 is 0 Å². The fraction of sp³-hybridized carbons (Fsp3) is 0.522. The van der Waals surface area contributed by atoms with Crippen molar-refractivity contribution in [2.24, 2.45) is 0 Å². The van der Waals surface area contributed by atoms with E-state index in [1.807, 2.05) is 0 Å². The summed E-state index contributed by atoms with van der Waals surface area (Å²) in [4.78, 5) is 11.1. The first kappa shape index (κ1) is 21.1. The number of aromatic nitrogens is 2. The zero-order valence-corrected chi connectivity index (χ0v) is 17.6. The van der Waals surface area contributed by atoms with Crippen LogP contribution in [0.15, 0.2) is 24.5 Å². The van der Waals surface area contributed by atoms with E-state index >= 15 is 0 Å². The number of rotatable bonds is 8. The van der Waals surface area contributed by atoms with Crippen LogP contribution >= 0.6 is 0 Å². The Hall–Kier alpha value is -2.65. The molecule has 154 valence electrons. The van der Waals surface area contributed by atoms with Crippen LogP contribution in [0.4, 0.5) is 0 Å². The van der Waals surface area contributed by atoms with E-state index < -0.39 is 0 Å².